The van der Waals surface area contributed by atoms with Gasteiger partial charge in [-0.3, -0.25) is 4.79 Å². The van der Waals surface area contributed by atoms with Crippen LogP contribution in [0.25, 0.3) is 0 Å². The number of hydrogen-bond donors (Lipinski definition) is 0. The van der Waals surface area contributed by atoms with Gasteiger partial charge in [0, 0.05) is 34.1 Å². The van der Waals surface area contributed by atoms with Crippen molar-refractivity contribution in [3.8, 4) is 0 Å². The minimum Gasteiger partial charge on any atom is -0.345 e. The van der Waals surface area contributed by atoms with Gasteiger partial charge in [-0.05, 0) is 12.3 Å². The van der Waals surface area contributed by atoms with Gasteiger partial charge >= 0.3 is 6.03 Å². The highest BCUT2D eigenvalue weighted by Gasteiger charge is 2.22. The number of carbonyl (C=O) groups excluding carboxylic acids is 2. The number of rotatable bonds is 5. The molecule has 0 aromatic carbocycles. The molecule has 0 N–H and O–H groups in total. The number of aromatic nitrogens is 3. The number of thioether (sulfide) groups is 1. The molecular weight excluding hydrogens is 314 g/mol. The van der Waals surface area contributed by atoms with E-state index in [1.165, 1.54) is 21.3 Å². The monoisotopic (exact) mass is 341 g/mol. The van der Waals surface area contributed by atoms with Crippen LogP contribution in [-0.2, 0) is 11.2 Å². The van der Waals surface area contributed by atoms with Crippen molar-refractivity contribution < 1.29 is 9.59 Å². The molecule has 0 aliphatic rings. The lowest BCUT2D eigenvalue weighted by atomic mass is 9.92. The van der Waals surface area contributed by atoms with Crippen molar-refractivity contribution in [1.29, 1.82) is 0 Å². The number of carbonyl (C=O) groups is 2. The minimum atomic E-state index is -0.267. The molecule has 0 saturated heterocycles. The normalized spacial score (nSPS) is 11.4. The van der Waals surface area contributed by atoms with Gasteiger partial charge < -0.3 is 9.80 Å². The summed E-state index contributed by atoms with van der Waals surface area (Å²) < 4.78 is 1.28. The molecule has 0 radical (unpaired) electrons. The van der Waals surface area contributed by atoms with Crippen molar-refractivity contribution in [2.24, 2.45) is 5.41 Å². The average Bonchev–Trinajstić information content (AvgIpc) is 2.83. The molecule has 1 heterocycles. The predicted molar refractivity (Wildman–Crippen MR) is 91.7 cm³/mol. The Hall–Kier alpha value is -1.57. The van der Waals surface area contributed by atoms with Crippen LogP contribution in [0.4, 0.5) is 4.79 Å². The third-order valence-electron chi connectivity index (χ3n) is 3.10. The number of hydrogen-bond acceptors (Lipinski definition) is 5. The van der Waals surface area contributed by atoms with Crippen LogP contribution in [0.5, 0.6) is 0 Å². The van der Waals surface area contributed by atoms with Gasteiger partial charge in [-0.2, -0.15) is 4.68 Å². The minimum absolute atomic E-state index is 0.00160. The molecule has 1 aromatic rings. The Morgan fingerprint density at radius 2 is 1.83 bits per heavy atom. The van der Waals surface area contributed by atoms with Crippen LogP contribution in [0.3, 0.4) is 0 Å². The van der Waals surface area contributed by atoms with Crippen molar-refractivity contribution in [2.75, 3.05) is 33.4 Å². The second-order valence-electron chi connectivity index (χ2n) is 6.83. The maximum Gasteiger partial charge on any atom is 0.346 e. The molecule has 1 rings (SSSR count). The van der Waals surface area contributed by atoms with Gasteiger partial charge in [0.15, 0.2) is 11.0 Å². The third-order valence-corrected chi connectivity index (χ3v) is 4.01. The van der Waals surface area contributed by atoms with Crippen molar-refractivity contribution in [3.63, 3.8) is 0 Å². The van der Waals surface area contributed by atoms with Gasteiger partial charge in [-0.25, -0.2) is 9.78 Å². The summed E-state index contributed by atoms with van der Waals surface area (Å²) >= 11 is 1.24. The van der Waals surface area contributed by atoms with Gasteiger partial charge in [0.2, 0.25) is 5.91 Å². The molecule has 8 heteroatoms. The van der Waals surface area contributed by atoms with E-state index in [1.54, 1.807) is 26.0 Å². The Morgan fingerprint density at radius 3 is 2.30 bits per heavy atom. The Balaban J connectivity index is 2.98. The van der Waals surface area contributed by atoms with Crippen molar-refractivity contribution in [1.82, 2.24) is 24.6 Å². The second kappa shape index (κ2) is 7.81. The second-order valence-corrected chi connectivity index (χ2v) is 7.78. The Kier molecular flexibility index (Phi) is 6.61. The Labute approximate surface area is 142 Å². The molecule has 0 saturated carbocycles. The average molecular weight is 341 g/mol. The van der Waals surface area contributed by atoms with E-state index < -0.39 is 0 Å². The summed E-state index contributed by atoms with van der Waals surface area (Å²) in [5, 5.41) is 4.79. The zero-order valence-electron chi connectivity index (χ0n) is 15.1. The number of nitrogens with zero attached hydrogens (tertiary/aromatic N) is 5. The van der Waals surface area contributed by atoms with Crippen LogP contribution >= 0.6 is 11.8 Å². The zero-order chi connectivity index (χ0) is 17.8. The van der Waals surface area contributed by atoms with E-state index in [9.17, 15) is 9.59 Å². The van der Waals surface area contributed by atoms with Gasteiger partial charge in [0.05, 0.1) is 5.75 Å². The largest absolute Gasteiger partial charge is 0.346 e. The molecule has 0 bridgehead atoms. The fourth-order valence-electron chi connectivity index (χ4n) is 1.71. The topological polar surface area (TPSA) is 71.3 Å². The first-order valence-corrected chi connectivity index (χ1v) is 8.58. The molecule has 23 heavy (non-hydrogen) atoms. The molecule has 0 aliphatic heterocycles. The summed E-state index contributed by atoms with van der Waals surface area (Å²) in [5.41, 5.74) is 0.0214. The Morgan fingerprint density at radius 1 is 1.22 bits per heavy atom. The fraction of sp³-hybridized carbons (Fsp3) is 0.733. The third kappa shape index (κ3) is 5.85. The van der Waals surface area contributed by atoms with E-state index in [-0.39, 0.29) is 23.1 Å². The molecule has 1 aromatic heterocycles. The maximum absolute atomic E-state index is 12.3. The van der Waals surface area contributed by atoms with Gasteiger partial charge in [0.25, 0.3) is 0 Å². The fourth-order valence-corrected chi connectivity index (χ4v) is 2.59. The van der Waals surface area contributed by atoms with Crippen LogP contribution in [0.2, 0.25) is 0 Å². The van der Waals surface area contributed by atoms with Gasteiger partial charge in [-0.15, -0.1) is 5.10 Å². The van der Waals surface area contributed by atoms with E-state index in [0.29, 0.717) is 23.9 Å². The lowest BCUT2D eigenvalue weighted by molar-refractivity contribution is -0.126. The molecule has 0 unspecified atom stereocenters. The molecule has 0 aliphatic carbocycles. The quantitative estimate of drug-likeness (QED) is 0.766. The van der Waals surface area contributed by atoms with Crippen LogP contribution in [0, 0.1) is 5.41 Å². The van der Waals surface area contributed by atoms with Crippen LogP contribution in [-0.4, -0.2) is 69.9 Å². The first-order valence-electron chi connectivity index (χ1n) is 7.59. The lowest BCUT2D eigenvalue weighted by Crippen LogP contribution is -2.30. The highest BCUT2D eigenvalue weighted by molar-refractivity contribution is 7.99. The van der Waals surface area contributed by atoms with E-state index >= 15 is 0 Å². The molecule has 7 nitrogen and oxygen atoms in total. The van der Waals surface area contributed by atoms with E-state index in [0.717, 1.165) is 0 Å². The Bertz CT molecular complexity index is 563. The van der Waals surface area contributed by atoms with Crippen LogP contribution in [0.1, 0.15) is 33.5 Å². The summed E-state index contributed by atoms with van der Waals surface area (Å²) in [6.07, 6.45) is 0.664. The van der Waals surface area contributed by atoms with Crippen molar-refractivity contribution in [3.05, 3.63) is 5.82 Å². The van der Waals surface area contributed by atoms with Crippen LogP contribution in [0.15, 0.2) is 5.16 Å². The predicted octanol–water partition coefficient (Wildman–Crippen LogP) is 1.97. The molecule has 130 valence electrons. The van der Waals surface area contributed by atoms with Gasteiger partial charge in [-0.1, -0.05) is 32.5 Å². The summed E-state index contributed by atoms with van der Waals surface area (Å²) in [5.74, 6) is 0.854. The maximum atomic E-state index is 12.3. The summed E-state index contributed by atoms with van der Waals surface area (Å²) in [7, 11) is 5.08. The van der Waals surface area contributed by atoms with Crippen molar-refractivity contribution >= 4 is 23.7 Å². The van der Waals surface area contributed by atoms with Crippen LogP contribution < -0.4 is 0 Å². The molecule has 0 atom stereocenters. The first-order chi connectivity index (χ1) is 10.5. The summed E-state index contributed by atoms with van der Waals surface area (Å²) in [6.45, 7) is 8.84. The zero-order valence-corrected chi connectivity index (χ0v) is 15.9. The van der Waals surface area contributed by atoms with E-state index in [1.807, 2.05) is 6.92 Å². The molecular formula is C15H27N5O2S. The molecule has 2 amide bonds. The van der Waals surface area contributed by atoms with E-state index in [4.69, 9.17) is 0 Å². The molecule has 0 spiro atoms. The standard InChI is InChI=1S/C15H27N5O2S/c1-8-19(7)12(21)10-23-13-16-11(9-15(2,3)4)17-20(13)14(22)18(5)6/h8-10H2,1-7H3. The number of amides is 2. The SMILES string of the molecule is CCN(C)C(=O)CSc1nc(CC(C)(C)C)nn1C(=O)N(C)C. The molecule has 0 fully saturated rings. The van der Waals surface area contributed by atoms with E-state index in [2.05, 4.69) is 30.9 Å². The van der Waals surface area contributed by atoms with Crippen molar-refractivity contribution in [2.45, 2.75) is 39.3 Å². The highest BCUT2D eigenvalue weighted by atomic mass is 32.2. The van der Waals surface area contributed by atoms with Gasteiger partial charge in [0.1, 0.15) is 0 Å². The highest BCUT2D eigenvalue weighted by Crippen LogP contribution is 2.22. The lowest BCUT2D eigenvalue weighted by Gasteiger charge is -2.14. The smallest absolute Gasteiger partial charge is 0.345 e. The summed E-state index contributed by atoms with van der Waals surface area (Å²) in [6, 6.07) is -0.267. The first kappa shape index (κ1) is 19.5. The summed E-state index contributed by atoms with van der Waals surface area (Å²) in [4.78, 5) is 31.7.